The van der Waals surface area contributed by atoms with Gasteiger partial charge in [0.1, 0.15) is 5.75 Å². The number of para-hydroxylation sites is 1. The van der Waals surface area contributed by atoms with E-state index in [-0.39, 0.29) is 18.6 Å². The minimum Gasteiger partial charge on any atom is -0.496 e. The Labute approximate surface area is 149 Å². The van der Waals surface area contributed by atoms with Crippen LogP contribution in [0.1, 0.15) is 28.9 Å². The number of nitrogens with one attached hydrogen (secondary N) is 1. The number of hydrogen-bond donors (Lipinski definition) is 1. The summed E-state index contributed by atoms with van der Waals surface area (Å²) in [5.41, 5.74) is 1.25. The van der Waals surface area contributed by atoms with E-state index in [0.29, 0.717) is 11.3 Å². The van der Waals surface area contributed by atoms with Crippen molar-refractivity contribution in [1.29, 1.82) is 0 Å². The Morgan fingerprint density at radius 3 is 2.46 bits per heavy atom. The molecule has 2 aromatic carbocycles. The lowest BCUT2D eigenvalue weighted by Gasteiger charge is -2.17. The van der Waals surface area contributed by atoms with Crippen molar-refractivity contribution in [2.45, 2.75) is 13.0 Å². The zero-order valence-corrected chi connectivity index (χ0v) is 15.0. The van der Waals surface area contributed by atoms with Gasteiger partial charge in [-0.05, 0) is 37.3 Å². The van der Waals surface area contributed by atoms with Crippen LogP contribution in [0.3, 0.4) is 0 Å². The van der Waals surface area contributed by atoms with Gasteiger partial charge in [0, 0.05) is 10.0 Å². The van der Waals surface area contributed by atoms with Gasteiger partial charge in [-0.15, -0.1) is 0 Å². The highest BCUT2D eigenvalue weighted by Gasteiger charge is 2.15. The van der Waals surface area contributed by atoms with Gasteiger partial charge < -0.3 is 14.8 Å². The first-order chi connectivity index (χ1) is 11.5. The Bertz CT molecular complexity index is 715. The predicted molar refractivity (Wildman–Crippen MR) is 94.0 cm³/mol. The number of carbonyl (C=O) groups excluding carboxylic acids is 2. The average Bonchev–Trinajstić information content (AvgIpc) is 2.60. The molecule has 0 aliphatic heterocycles. The van der Waals surface area contributed by atoms with Crippen molar-refractivity contribution in [1.82, 2.24) is 5.32 Å². The van der Waals surface area contributed by atoms with E-state index in [4.69, 9.17) is 9.47 Å². The van der Waals surface area contributed by atoms with Gasteiger partial charge in [0.05, 0.1) is 18.7 Å². The molecule has 0 aliphatic carbocycles. The minimum atomic E-state index is -0.539. The van der Waals surface area contributed by atoms with Crippen LogP contribution < -0.4 is 10.1 Å². The fraction of sp³-hybridized carbons (Fsp3) is 0.222. The van der Waals surface area contributed by atoms with E-state index in [1.54, 1.807) is 31.4 Å². The molecule has 126 valence electrons. The van der Waals surface area contributed by atoms with Crippen LogP contribution in [0.5, 0.6) is 5.75 Å². The highest BCUT2D eigenvalue weighted by molar-refractivity contribution is 9.10. The minimum absolute atomic E-state index is 0.264. The fourth-order valence-corrected chi connectivity index (χ4v) is 2.45. The Balaban J connectivity index is 1.88. The molecule has 5 nitrogen and oxygen atoms in total. The number of halogens is 1. The maximum Gasteiger partial charge on any atom is 0.338 e. The van der Waals surface area contributed by atoms with Crippen LogP contribution in [0.15, 0.2) is 53.0 Å². The summed E-state index contributed by atoms with van der Waals surface area (Å²) >= 11 is 3.29. The second-order valence-electron chi connectivity index (χ2n) is 5.11. The van der Waals surface area contributed by atoms with Gasteiger partial charge in [-0.1, -0.05) is 34.1 Å². The lowest BCUT2D eigenvalue weighted by Crippen LogP contribution is -2.31. The molecule has 1 N–H and O–H groups in total. The number of carbonyl (C=O) groups is 2. The summed E-state index contributed by atoms with van der Waals surface area (Å²) in [6.45, 7) is 1.50. The van der Waals surface area contributed by atoms with E-state index in [1.165, 1.54) is 0 Å². The average molecular weight is 392 g/mol. The van der Waals surface area contributed by atoms with Crippen molar-refractivity contribution in [3.63, 3.8) is 0 Å². The number of hydrogen-bond acceptors (Lipinski definition) is 4. The van der Waals surface area contributed by atoms with Crippen molar-refractivity contribution in [3.05, 3.63) is 64.1 Å². The van der Waals surface area contributed by atoms with Crippen LogP contribution in [0, 0.1) is 0 Å². The van der Waals surface area contributed by atoms with Gasteiger partial charge >= 0.3 is 5.97 Å². The van der Waals surface area contributed by atoms with Crippen LogP contribution in [0.25, 0.3) is 0 Å². The first-order valence-corrected chi connectivity index (χ1v) is 8.15. The van der Waals surface area contributed by atoms with Crippen LogP contribution in [-0.4, -0.2) is 25.6 Å². The van der Waals surface area contributed by atoms with Crippen LogP contribution in [0.2, 0.25) is 0 Å². The molecular formula is C18H18BrNO4. The monoisotopic (exact) mass is 391 g/mol. The zero-order chi connectivity index (χ0) is 17.5. The molecule has 1 amide bonds. The first-order valence-electron chi connectivity index (χ1n) is 7.36. The Morgan fingerprint density at radius 1 is 1.12 bits per heavy atom. The largest absolute Gasteiger partial charge is 0.496 e. The van der Waals surface area contributed by atoms with Gasteiger partial charge in [0.15, 0.2) is 6.61 Å². The zero-order valence-electron chi connectivity index (χ0n) is 13.4. The summed E-state index contributed by atoms with van der Waals surface area (Å²) in [6.07, 6.45) is 0. The van der Waals surface area contributed by atoms with Gasteiger partial charge in [-0.2, -0.15) is 0 Å². The number of benzene rings is 2. The molecular weight excluding hydrogens is 374 g/mol. The SMILES string of the molecule is COc1ccccc1C(C)NC(=O)COC(=O)c1ccc(Br)cc1. The number of methoxy groups -OCH3 is 1. The van der Waals surface area contributed by atoms with E-state index < -0.39 is 5.97 Å². The van der Waals surface area contributed by atoms with Gasteiger partial charge in [0.2, 0.25) is 0 Å². The Kier molecular flexibility index (Phi) is 6.37. The van der Waals surface area contributed by atoms with E-state index in [9.17, 15) is 9.59 Å². The van der Waals surface area contributed by atoms with Crippen LogP contribution in [-0.2, 0) is 9.53 Å². The lowest BCUT2D eigenvalue weighted by molar-refractivity contribution is -0.124. The van der Waals surface area contributed by atoms with E-state index in [1.807, 2.05) is 31.2 Å². The third kappa shape index (κ3) is 4.83. The second kappa shape index (κ2) is 8.49. The number of amides is 1. The van der Waals surface area contributed by atoms with Crippen LogP contribution >= 0.6 is 15.9 Å². The molecule has 0 bridgehead atoms. The van der Waals surface area contributed by atoms with Gasteiger partial charge in [0.25, 0.3) is 5.91 Å². The molecule has 24 heavy (non-hydrogen) atoms. The molecule has 1 unspecified atom stereocenters. The molecule has 0 saturated carbocycles. The maximum atomic E-state index is 12.0. The molecule has 0 saturated heterocycles. The maximum absolute atomic E-state index is 12.0. The number of ether oxygens (including phenoxy) is 2. The van der Waals surface area contributed by atoms with Crippen molar-refractivity contribution >= 4 is 27.8 Å². The molecule has 0 aromatic heterocycles. The topological polar surface area (TPSA) is 64.6 Å². The molecule has 0 radical (unpaired) electrons. The highest BCUT2D eigenvalue weighted by Crippen LogP contribution is 2.24. The fourth-order valence-electron chi connectivity index (χ4n) is 2.19. The summed E-state index contributed by atoms with van der Waals surface area (Å²) in [5.74, 6) is -0.224. The standard InChI is InChI=1S/C18H18BrNO4/c1-12(15-5-3-4-6-16(15)23-2)20-17(21)11-24-18(22)13-7-9-14(19)10-8-13/h3-10,12H,11H2,1-2H3,(H,20,21). The molecule has 0 fully saturated rings. The van der Waals surface area contributed by atoms with E-state index in [0.717, 1.165) is 10.0 Å². The summed E-state index contributed by atoms with van der Waals surface area (Å²) in [6, 6.07) is 13.9. The molecule has 6 heteroatoms. The van der Waals surface area contributed by atoms with E-state index >= 15 is 0 Å². The third-order valence-corrected chi connectivity index (χ3v) is 3.93. The van der Waals surface area contributed by atoms with Crippen molar-refractivity contribution < 1.29 is 19.1 Å². The summed E-state index contributed by atoms with van der Waals surface area (Å²) < 4.78 is 11.2. The quantitative estimate of drug-likeness (QED) is 0.765. The smallest absolute Gasteiger partial charge is 0.338 e. The Morgan fingerprint density at radius 2 is 1.79 bits per heavy atom. The lowest BCUT2D eigenvalue weighted by atomic mass is 10.1. The van der Waals surface area contributed by atoms with Crippen molar-refractivity contribution in [2.75, 3.05) is 13.7 Å². The molecule has 0 spiro atoms. The van der Waals surface area contributed by atoms with Gasteiger partial charge in [-0.3, -0.25) is 4.79 Å². The molecule has 2 rings (SSSR count). The highest BCUT2D eigenvalue weighted by atomic mass is 79.9. The van der Waals surface area contributed by atoms with Crippen molar-refractivity contribution in [2.24, 2.45) is 0 Å². The van der Waals surface area contributed by atoms with Crippen molar-refractivity contribution in [3.8, 4) is 5.75 Å². The molecule has 0 aliphatic rings. The number of esters is 1. The van der Waals surface area contributed by atoms with Gasteiger partial charge in [-0.25, -0.2) is 4.79 Å². The molecule has 2 aromatic rings. The summed E-state index contributed by atoms with van der Waals surface area (Å²) in [7, 11) is 1.58. The summed E-state index contributed by atoms with van der Waals surface area (Å²) in [5, 5.41) is 2.78. The normalized spacial score (nSPS) is 11.5. The molecule has 1 atom stereocenters. The van der Waals surface area contributed by atoms with E-state index in [2.05, 4.69) is 21.2 Å². The van der Waals surface area contributed by atoms with Crippen LogP contribution in [0.4, 0.5) is 0 Å². The Hall–Kier alpha value is -2.34. The molecule has 0 heterocycles. The predicted octanol–water partition coefficient (Wildman–Crippen LogP) is 3.49. The second-order valence-corrected chi connectivity index (χ2v) is 6.03. The third-order valence-electron chi connectivity index (χ3n) is 3.40. The number of rotatable bonds is 6. The first kappa shape index (κ1) is 18.0. The summed E-state index contributed by atoms with van der Waals surface area (Å²) in [4.78, 5) is 23.9.